The summed E-state index contributed by atoms with van der Waals surface area (Å²) in [5.41, 5.74) is 0.480. The van der Waals surface area contributed by atoms with E-state index in [1.165, 1.54) is 23.7 Å². The van der Waals surface area contributed by atoms with Crippen LogP contribution in [0.5, 0.6) is 0 Å². The third-order valence-electron chi connectivity index (χ3n) is 5.26. The van der Waals surface area contributed by atoms with E-state index < -0.39 is 11.2 Å². The van der Waals surface area contributed by atoms with Gasteiger partial charge in [-0.3, -0.25) is 18.5 Å². The van der Waals surface area contributed by atoms with Crippen LogP contribution in [0.4, 0.5) is 10.3 Å². The van der Waals surface area contributed by atoms with Gasteiger partial charge < -0.3 is 9.64 Å². The van der Waals surface area contributed by atoms with Crippen LogP contribution in [0.15, 0.2) is 33.9 Å². The molecule has 2 atom stereocenters. The van der Waals surface area contributed by atoms with Gasteiger partial charge in [0, 0.05) is 27.2 Å². The summed E-state index contributed by atoms with van der Waals surface area (Å²) in [5.74, 6) is 0.229. The average Bonchev–Trinajstić information content (AvgIpc) is 3.03. The molecular weight excluding hydrogens is 377 g/mol. The summed E-state index contributed by atoms with van der Waals surface area (Å²) in [6.45, 7) is 5.43. The first-order chi connectivity index (χ1) is 13.8. The van der Waals surface area contributed by atoms with Gasteiger partial charge in [0.2, 0.25) is 5.95 Å². The summed E-state index contributed by atoms with van der Waals surface area (Å²) in [5, 5.41) is 0. The first-order valence-electron chi connectivity index (χ1n) is 9.57. The first kappa shape index (κ1) is 19.4. The third-order valence-corrected chi connectivity index (χ3v) is 5.26. The molecule has 0 N–H and O–H groups in total. The molecule has 1 saturated heterocycles. The topological polar surface area (TPSA) is 74.3 Å². The summed E-state index contributed by atoms with van der Waals surface area (Å²) in [6.07, 6.45) is -0.0133. The minimum Gasteiger partial charge on any atom is -0.372 e. The predicted molar refractivity (Wildman–Crippen MR) is 108 cm³/mol. The Kier molecular flexibility index (Phi) is 4.77. The van der Waals surface area contributed by atoms with Crippen LogP contribution in [0, 0.1) is 5.82 Å². The molecule has 29 heavy (non-hydrogen) atoms. The SMILES string of the molecule is C[C@H]1CN(c2nc3c(c(=O)n(C)c(=O)n3C)n2Cc2cccc(F)c2)C[C@H](C)O1. The quantitative estimate of drug-likeness (QED) is 0.660. The number of fused-ring (bicyclic) bond motifs is 1. The maximum atomic E-state index is 13.8. The summed E-state index contributed by atoms with van der Waals surface area (Å²) >= 11 is 0. The number of ether oxygens (including phenoxy) is 1. The molecule has 4 rings (SSSR count). The van der Waals surface area contributed by atoms with Crippen LogP contribution in [-0.2, 0) is 25.4 Å². The molecule has 1 aliphatic heterocycles. The van der Waals surface area contributed by atoms with Crippen LogP contribution in [0.1, 0.15) is 19.4 Å². The van der Waals surface area contributed by atoms with Crippen molar-refractivity contribution in [3.05, 3.63) is 56.5 Å². The van der Waals surface area contributed by atoms with Crippen molar-refractivity contribution in [1.82, 2.24) is 18.7 Å². The zero-order valence-corrected chi connectivity index (χ0v) is 16.9. The number of hydrogen-bond acceptors (Lipinski definition) is 5. The Morgan fingerprint density at radius 3 is 2.48 bits per heavy atom. The number of anilines is 1. The molecule has 3 aromatic rings. The average molecular weight is 401 g/mol. The van der Waals surface area contributed by atoms with Crippen LogP contribution in [-0.4, -0.2) is 44.0 Å². The van der Waals surface area contributed by atoms with Crippen molar-refractivity contribution in [1.29, 1.82) is 0 Å². The molecule has 0 radical (unpaired) electrons. The summed E-state index contributed by atoms with van der Waals surface area (Å²) in [7, 11) is 3.04. The number of nitrogens with zero attached hydrogens (tertiary/aromatic N) is 5. The van der Waals surface area contributed by atoms with Gasteiger partial charge in [0.05, 0.1) is 18.8 Å². The predicted octanol–water partition coefficient (Wildman–Crippen LogP) is 1.23. The van der Waals surface area contributed by atoms with Gasteiger partial charge in [-0.15, -0.1) is 0 Å². The molecule has 0 unspecified atom stereocenters. The fraction of sp³-hybridized carbons (Fsp3) is 0.450. The van der Waals surface area contributed by atoms with Crippen LogP contribution >= 0.6 is 0 Å². The molecular formula is C20H24FN5O3. The van der Waals surface area contributed by atoms with Gasteiger partial charge >= 0.3 is 5.69 Å². The lowest BCUT2D eigenvalue weighted by Crippen LogP contribution is -2.46. The monoisotopic (exact) mass is 401 g/mol. The Balaban J connectivity index is 1.96. The number of hydrogen-bond donors (Lipinski definition) is 0. The van der Waals surface area contributed by atoms with E-state index in [9.17, 15) is 14.0 Å². The van der Waals surface area contributed by atoms with Crippen molar-refractivity contribution < 1.29 is 9.13 Å². The van der Waals surface area contributed by atoms with Crippen LogP contribution in [0.25, 0.3) is 11.2 Å². The molecule has 0 spiro atoms. The molecule has 154 valence electrons. The Morgan fingerprint density at radius 1 is 1.14 bits per heavy atom. The fourth-order valence-corrected chi connectivity index (χ4v) is 3.99. The summed E-state index contributed by atoms with van der Waals surface area (Å²) < 4.78 is 23.8. The lowest BCUT2D eigenvalue weighted by Gasteiger charge is -2.36. The second kappa shape index (κ2) is 7.14. The highest BCUT2D eigenvalue weighted by atomic mass is 19.1. The molecule has 0 saturated carbocycles. The van der Waals surface area contributed by atoms with Crippen molar-refractivity contribution in [2.75, 3.05) is 18.0 Å². The first-order valence-corrected chi connectivity index (χ1v) is 9.57. The Labute approximate surface area is 166 Å². The Bertz CT molecular complexity index is 1190. The molecule has 3 heterocycles. The third kappa shape index (κ3) is 3.35. The van der Waals surface area contributed by atoms with Crippen LogP contribution < -0.4 is 16.1 Å². The van der Waals surface area contributed by atoms with Gasteiger partial charge in [-0.1, -0.05) is 12.1 Å². The Morgan fingerprint density at radius 2 is 1.83 bits per heavy atom. The minimum absolute atomic E-state index is 0.00663. The second-order valence-electron chi connectivity index (χ2n) is 7.67. The lowest BCUT2D eigenvalue weighted by molar-refractivity contribution is -0.00585. The van der Waals surface area contributed by atoms with Gasteiger partial charge in [0.25, 0.3) is 5.56 Å². The summed E-state index contributed by atoms with van der Waals surface area (Å²) in [6, 6.07) is 6.25. The largest absolute Gasteiger partial charge is 0.372 e. The molecule has 8 nitrogen and oxygen atoms in total. The zero-order valence-electron chi connectivity index (χ0n) is 16.9. The van der Waals surface area contributed by atoms with Gasteiger partial charge in [0.15, 0.2) is 11.2 Å². The van der Waals surface area contributed by atoms with Gasteiger partial charge in [-0.05, 0) is 31.5 Å². The minimum atomic E-state index is -0.437. The van der Waals surface area contributed by atoms with Crippen molar-refractivity contribution >= 4 is 17.1 Å². The zero-order chi connectivity index (χ0) is 20.9. The highest BCUT2D eigenvalue weighted by Crippen LogP contribution is 2.24. The van der Waals surface area contributed by atoms with E-state index in [0.717, 1.165) is 4.57 Å². The molecule has 0 amide bonds. The van der Waals surface area contributed by atoms with E-state index in [1.54, 1.807) is 23.7 Å². The van der Waals surface area contributed by atoms with Crippen molar-refractivity contribution in [2.24, 2.45) is 14.1 Å². The molecule has 1 aliphatic rings. The van der Waals surface area contributed by atoms with Crippen molar-refractivity contribution in [3.63, 3.8) is 0 Å². The molecule has 1 aromatic carbocycles. The van der Waals surface area contributed by atoms with Gasteiger partial charge in [-0.25, -0.2) is 9.18 Å². The maximum Gasteiger partial charge on any atom is 0.332 e. The van der Waals surface area contributed by atoms with E-state index in [2.05, 4.69) is 9.88 Å². The molecule has 9 heteroatoms. The number of aryl methyl sites for hydroxylation is 1. The summed E-state index contributed by atoms with van der Waals surface area (Å²) in [4.78, 5) is 32.1. The van der Waals surface area contributed by atoms with Crippen LogP contribution in [0.2, 0.25) is 0 Å². The van der Waals surface area contributed by atoms with E-state index in [4.69, 9.17) is 4.74 Å². The fourth-order valence-electron chi connectivity index (χ4n) is 3.99. The van der Waals surface area contributed by atoms with E-state index in [-0.39, 0.29) is 24.6 Å². The number of imidazole rings is 1. The standard InChI is InChI=1S/C20H24FN5O3/c1-12-9-25(10-13(2)29-12)19-22-17-16(18(27)24(4)20(28)23(17)3)26(19)11-14-6-5-7-15(21)8-14/h5-8,12-13H,9-11H2,1-4H3/t12-,13-/m0/s1. The van der Waals surface area contributed by atoms with E-state index >= 15 is 0 Å². The number of morpholine rings is 1. The maximum absolute atomic E-state index is 13.8. The van der Waals surface area contributed by atoms with Crippen molar-refractivity contribution in [2.45, 2.75) is 32.6 Å². The van der Waals surface area contributed by atoms with E-state index in [0.29, 0.717) is 35.8 Å². The number of rotatable bonds is 3. The number of halogens is 1. The highest BCUT2D eigenvalue weighted by Gasteiger charge is 2.28. The highest BCUT2D eigenvalue weighted by molar-refractivity contribution is 5.75. The number of benzene rings is 1. The second-order valence-corrected chi connectivity index (χ2v) is 7.67. The van der Waals surface area contributed by atoms with Gasteiger partial charge in [0.1, 0.15) is 5.82 Å². The van der Waals surface area contributed by atoms with E-state index in [1.807, 2.05) is 13.8 Å². The molecule has 1 fully saturated rings. The smallest absolute Gasteiger partial charge is 0.332 e. The molecule has 2 aromatic heterocycles. The Hall–Kier alpha value is -2.94. The normalized spacial score (nSPS) is 19.8. The van der Waals surface area contributed by atoms with Crippen LogP contribution in [0.3, 0.4) is 0 Å². The number of aromatic nitrogens is 4. The molecule has 0 bridgehead atoms. The molecule has 0 aliphatic carbocycles. The van der Waals surface area contributed by atoms with Crippen molar-refractivity contribution in [3.8, 4) is 0 Å². The van der Waals surface area contributed by atoms with Gasteiger partial charge in [-0.2, -0.15) is 4.98 Å². The lowest BCUT2D eigenvalue weighted by atomic mass is 10.2.